The van der Waals surface area contributed by atoms with E-state index < -0.39 is 38.7 Å². The number of hydrogen-bond donors (Lipinski definition) is 4. The number of nitrogens with one attached hydrogen (secondary N) is 3. The van der Waals surface area contributed by atoms with Crippen molar-refractivity contribution in [3.8, 4) is 0 Å². The van der Waals surface area contributed by atoms with Crippen LogP contribution >= 0.6 is 0 Å². The Morgan fingerprint density at radius 1 is 0.938 bits per heavy atom. The van der Waals surface area contributed by atoms with Crippen molar-refractivity contribution in [3.63, 3.8) is 0 Å². The average molecular weight is 683 g/mol. The molecule has 0 bridgehead atoms. The molecule has 2 aromatic rings. The first-order valence-electron chi connectivity index (χ1n) is 17.5. The molecule has 0 unspecified atom stereocenters. The molecule has 1 saturated heterocycles. The average Bonchev–Trinajstić information content (AvgIpc) is 3.00. The topological polar surface area (TPSA) is 128 Å². The van der Waals surface area contributed by atoms with E-state index in [1.165, 1.54) is 12.8 Å². The van der Waals surface area contributed by atoms with Crippen LogP contribution in [-0.2, 0) is 32.4 Å². The lowest BCUT2D eigenvalue weighted by Crippen LogP contribution is -2.63. The molecule has 4 N–H and O–H groups in total. The molecule has 6 atom stereocenters. The Kier molecular flexibility index (Phi) is 12.5. The highest BCUT2D eigenvalue weighted by Gasteiger charge is 2.45. The zero-order chi connectivity index (χ0) is 35.3. The second-order valence-electron chi connectivity index (χ2n) is 15.8. The van der Waals surface area contributed by atoms with Gasteiger partial charge in [-0.2, -0.15) is 0 Å². The number of aliphatic hydroxyl groups is 1. The molecule has 2 amide bonds. The highest BCUT2D eigenvalue weighted by atomic mass is 32.2. The molecule has 266 valence electrons. The van der Waals surface area contributed by atoms with Gasteiger partial charge in [0.15, 0.2) is 9.84 Å². The number of fused-ring (bicyclic) bond motifs is 1. The summed E-state index contributed by atoms with van der Waals surface area (Å²) in [4.78, 5) is 30.0. The van der Waals surface area contributed by atoms with Crippen LogP contribution in [0.4, 0.5) is 0 Å². The number of carbonyl (C=O) groups excluding carboxylic acids is 2. The van der Waals surface area contributed by atoms with Gasteiger partial charge in [-0.15, -0.1) is 0 Å². The van der Waals surface area contributed by atoms with Gasteiger partial charge in [0.2, 0.25) is 11.8 Å². The molecule has 0 aromatic heterocycles. The molecule has 1 heterocycles. The van der Waals surface area contributed by atoms with Crippen molar-refractivity contribution in [2.24, 2.45) is 11.8 Å². The maximum atomic E-state index is 14.2. The van der Waals surface area contributed by atoms with Crippen LogP contribution in [-0.4, -0.2) is 84.1 Å². The van der Waals surface area contributed by atoms with E-state index in [-0.39, 0.29) is 24.0 Å². The molecule has 2 fully saturated rings. The summed E-state index contributed by atoms with van der Waals surface area (Å²) in [5.74, 6) is 0.433. The van der Waals surface area contributed by atoms with Crippen LogP contribution < -0.4 is 16.0 Å². The Bertz CT molecular complexity index is 1470. The Morgan fingerprint density at radius 3 is 2.17 bits per heavy atom. The minimum absolute atomic E-state index is 0.0300. The first-order chi connectivity index (χ1) is 22.4. The number of aliphatic hydroxyl groups excluding tert-OH is 1. The molecule has 2 aliphatic rings. The summed E-state index contributed by atoms with van der Waals surface area (Å²) >= 11 is 0. The minimum Gasteiger partial charge on any atom is -0.390 e. The smallest absolute Gasteiger partial charge is 0.239 e. The SMILES string of the molecule is Cc1ccc(CN[C@H](C(=O)N[C@@H](Cc2ccccc2)[C@H](O)CN2C[C@H]3CCCC[C@H]3C[C@H]2C(=O)NC(C)(C)C)C(C)(C)S(C)(=O)=O)cc1. The number of sulfone groups is 1. The zero-order valence-corrected chi connectivity index (χ0v) is 30.8. The molecule has 0 spiro atoms. The third kappa shape index (κ3) is 10.1. The Labute approximate surface area is 288 Å². The fourth-order valence-corrected chi connectivity index (χ4v) is 7.82. The Balaban J connectivity index is 1.60. The summed E-state index contributed by atoms with van der Waals surface area (Å²) in [7, 11) is -3.68. The van der Waals surface area contributed by atoms with Gasteiger partial charge in [0.25, 0.3) is 0 Å². The number of carbonyl (C=O) groups is 2. The van der Waals surface area contributed by atoms with Gasteiger partial charge in [-0.1, -0.05) is 79.4 Å². The molecule has 1 aliphatic carbocycles. The first-order valence-corrected chi connectivity index (χ1v) is 19.4. The van der Waals surface area contributed by atoms with Gasteiger partial charge in [-0.25, -0.2) is 8.42 Å². The van der Waals surface area contributed by atoms with Crippen LogP contribution in [0.5, 0.6) is 0 Å². The third-order valence-corrected chi connectivity index (χ3v) is 12.5. The van der Waals surface area contributed by atoms with E-state index in [1.807, 2.05) is 82.3 Å². The fraction of sp³-hybridized carbons (Fsp3) is 0.632. The van der Waals surface area contributed by atoms with E-state index in [9.17, 15) is 23.1 Å². The molecule has 48 heavy (non-hydrogen) atoms. The molecule has 9 nitrogen and oxygen atoms in total. The molecule has 0 radical (unpaired) electrons. The van der Waals surface area contributed by atoms with Crippen molar-refractivity contribution >= 4 is 21.7 Å². The molecule has 2 aromatic carbocycles. The Hall–Kier alpha value is -2.79. The highest BCUT2D eigenvalue weighted by Crippen LogP contribution is 2.39. The van der Waals surface area contributed by atoms with E-state index in [1.54, 1.807) is 13.8 Å². The van der Waals surface area contributed by atoms with Crippen LogP contribution in [0.3, 0.4) is 0 Å². The van der Waals surface area contributed by atoms with E-state index in [4.69, 9.17) is 0 Å². The largest absolute Gasteiger partial charge is 0.390 e. The number of piperidine rings is 1. The van der Waals surface area contributed by atoms with Gasteiger partial charge < -0.3 is 21.1 Å². The number of amides is 2. The molecule has 4 rings (SSSR count). The normalized spacial score (nSPS) is 22.6. The lowest BCUT2D eigenvalue weighted by atomic mass is 9.72. The minimum atomic E-state index is -3.68. The molecule has 1 saturated carbocycles. The van der Waals surface area contributed by atoms with Crippen molar-refractivity contribution in [1.29, 1.82) is 0 Å². The number of nitrogens with zero attached hydrogens (tertiary/aromatic N) is 1. The summed E-state index contributed by atoms with van der Waals surface area (Å²) in [6.07, 6.45) is 5.83. The number of hydrogen-bond acceptors (Lipinski definition) is 7. The van der Waals surface area contributed by atoms with Crippen LogP contribution in [0.1, 0.15) is 83.4 Å². The number of likely N-dealkylation sites (tertiary alicyclic amines) is 1. The summed E-state index contributed by atoms with van der Waals surface area (Å²) in [6.45, 7) is 12.3. The lowest BCUT2D eigenvalue weighted by molar-refractivity contribution is -0.133. The maximum absolute atomic E-state index is 14.2. The van der Waals surface area contributed by atoms with Gasteiger partial charge in [-0.05, 0) is 83.8 Å². The van der Waals surface area contributed by atoms with E-state index in [0.717, 1.165) is 48.8 Å². The summed E-state index contributed by atoms with van der Waals surface area (Å²) < 4.78 is 24.6. The lowest BCUT2D eigenvalue weighted by Gasteiger charge is -2.47. The van der Waals surface area contributed by atoms with Crippen molar-refractivity contribution in [1.82, 2.24) is 20.9 Å². The van der Waals surface area contributed by atoms with Gasteiger partial charge >= 0.3 is 0 Å². The summed E-state index contributed by atoms with van der Waals surface area (Å²) in [5, 5.41) is 21.4. The molecule has 1 aliphatic heterocycles. The molecular weight excluding hydrogens is 625 g/mol. The third-order valence-electron chi connectivity index (χ3n) is 10.4. The van der Waals surface area contributed by atoms with Gasteiger partial charge in [0.05, 0.1) is 22.9 Å². The van der Waals surface area contributed by atoms with Gasteiger partial charge in [0, 0.05) is 31.4 Å². The Morgan fingerprint density at radius 2 is 1.56 bits per heavy atom. The number of rotatable bonds is 13. The van der Waals surface area contributed by atoms with Crippen LogP contribution in [0.2, 0.25) is 0 Å². The van der Waals surface area contributed by atoms with Gasteiger partial charge in [0.1, 0.15) is 6.04 Å². The monoisotopic (exact) mass is 682 g/mol. The van der Waals surface area contributed by atoms with E-state index in [0.29, 0.717) is 24.8 Å². The molecule has 10 heteroatoms. The van der Waals surface area contributed by atoms with Crippen LogP contribution in [0, 0.1) is 18.8 Å². The van der Waals surface area contributed by atoms with E-state index >= 15 is 0 Å². The quantitative estimate of drug-likeness (QED) is 0.250. The number of β-amino-alcohol motifs (C(OH)–C–C–N with tert-alkyl or cyclic N) is 1. The van der Waals surface area contributed by atoms with Crippen LogP contribution in [0.25, 0.3) is 0 Å². The number of aryl methyl sites for hydroxylation is 1. The van der Waals surface area contributed by atoms with Crippen LogP contribution in [0.15, 0.2) is 54.6 Å². The van der Waals surface area contributed by atoms with Gasteiger partial charge in [-0.3, -0.25) is 14.5 Å². The summed E-state index contributed by atoms with van der Waals surface area (Å²) in [6, 6.07) is 15.3. The predicted octanol–water partition coefficient (Wildman–Crippen LogP) is 4.16. The van der Waals surface area contributed by atoms with Crippen molar-refractivity contribution < 1.29 is 23.1 Å². The van der Waals surface area contributed by atoms with Crippen molar-refractivity contribution in [2.75, 3.05) is 19.3 Å². The zero-order valence-electron chi connectivity index (χ0n) is 30.0. The predicted molar refractivity (Wildman–Crippen MR) is 192 cm³/mol. The number of benzene rings is 2. The highest BCUT2D eigenvalue weighted by molar-refractivity contribution is 7.92. The summed E-state index contributed by atoms with van der Waals surface area (Å²) in [5.41, 5.74) is 2.57. The van der Waals surface area contributed by atoms with Crippen molar-refractivity contribution in [2.45, 2.75) is 121 Å². The maximum Gasteiger partial charge on any atom is 0.239 e. The molecular formula is C38H58N4O5S. The van der Waals surface area contributed by atoms with Crippen molar-refractivity contribution in [3.05, 3.63) is 71.3 Å². The first kappa shape index (κ1) is 38.0. The fourth-order valence-electron chi connectivity index (χ4n) is 7.21. The standard InChI is InChI=1S/C38H58N4O5S/c1-26-17-19-28(20-18-26)23-39-34(38(5,6)48(7,46)47)36(45)40-31(21-27-13-9-8-10-14-27)33(43)25-42-24-30-16-12-11-15-29(30)22-32(42)35(44)41-37(2,3)4/h8-10,13-14,17-20,29-34,39,43H,11-12,15-16,21-25H2,1-7H3,(H,40,45)(H,41,44)/t29-,30+,31-,32-,33+,34+/m0/s1. The second-order valence-corrected chi connectivity index (χ2v) is 18.4. The van der Waals surface area contributed by atoms with E-state index in [2.05, 4.69) is 20.9 Å². The second kappa shape index (κ2) is 15.8.